The van der Waals surface area contributed by atoms with E-state index < -0.39 is 5.97 Å². The lowest BCUT2D eigenvalue weighted by atomic mass is 10.0. The Morgan fingerprint density at radius 3 is 2.89 bits per heavy atom. The molecule has 0 aliphatic heterocycles. The van der Waals surface area contributed by atoms with Crippen LogP contribution in [0.5, 0.6) is 0 Å². The molecule has 0 bridgehead atoms. The Bertz CT molecular complexity index is 573. The van der Waals surface area contributed by atoms with Gasteiger partial charge < -0.3 is 9.72 Å². The quantitative estimate of drug-likeness (QED) is 0.845. The van der Waals surface area contributed by atoms with E-state index in [0.29, 0.717) is 6.61 Å². The van der Waals surface area contributed by atoms with E-state index in [-0.39, 0.29) is 5.82 Å². The fourth-order valence-corrected chi connectivity index (χ4v) is 1.79. The molecule has 1 N–H and O–H groups in total. The number of imidazole rings is 1. The number of hydrogen-bond acceptors (Lipinski definition) is 3. The van der Waals surface area contributed by atoms with Crippen LogP contribution in [-0.4, -0.2) is 22.5 Å². The molecule has 1 heterocycles. The number of aryl methyl sites for hydroxylation is 2. The van der Waals surface area contributed by atoms with E-state index in [1.807, 2.05) is 13.8 Å². The van der Waals surface area contributed by atoms with Gasteiger partial charge in [-0.3, -0.25) is 0 Å². The SMILES string of the molecule is CCOC(=O)c1ncc(-c2cc(C)ccc2C)[nH]1. The monoisotopic (exact) mass is 244 g/mol. The zero-order chi connectivity index (χ0) is 13.1. The topological polar surface area (TPSA) is 55.0 Å². The molecule has 1 aromatic heterocycles. The van der Waals surface area contributed by atoms with Crippen LogP contribution in [0, 0.1) is 13.8 Å². The molecule has 0 aliphatic carbocycles. The van der Waals surface area contributed by atoms with E-state index >= 15 is 0 Å². The Balaban J connectivity index is 2.35. The molecular formula is C14H16N2O2. The highest BCUT2D eigenvalue weighted by molar-refractivity contribution is 5.86. The molecule has 2 rings (SSSR count). The molecule has 1 aromatic carbocycles. The minimum absolute atomic E-state index is 0.243. The van der Waals surface area contributed by atoms with Crippen LogP contribution in [-0.2, 0) is 4.74 Å². The summed E-state index contributed by atoms with van der Waals surface area (Å²) >= 11 is 0. The number of nitrogens with one attached hydrogen (secondary N) is 1. The predicted molar refractivity (Wildman–Crippen MR) is 69.5 cm³/mol. The molecule has 2 aromatic rings. The lowest BCUT2D eigenvalue weighted by Crippen LogP contribution is -2.06. The molecule has 4 nitrogen and oxygen atoms in total. The third-order valence-electron chi connectivity index (χ3n) is 2.73. The van der Waals surface area contributed by atoms with Crippen molar-refractivity contribution in [1.82, 2.24) is 9.97 Å². The molecule has 0 saturated carbocycles. The molecular weight excluding hydrogens is 228 g/mol. The van der Waals surface area contributed by atoms with Crippen molar-refractivity contribution in [3.05, 3.63) is 41.3 Å². The van der Waals surface area contributed by atoms with Gasteiger partial charge in [-0.05, 0) is 32.4 Å². The summed E-state index contributed by atoms with van der Waals surface area (Å²) in [6.07, 6.45) is 1.66. The minimum Gasteiger partial charge on any atom is -0.460 e. The van der Waals surface area contributed by atoms with Gasteiger partial charge in [-0.2, -0.15) is 0 Å². The molecule has 0 amide bonds. The number of rotatable bonds is 3. The van der Waals surface area contributed by atoms with Crippen LogP contribution in [0.15, 0.2) is 24.4 Å². The lowest BCUT2D eigenvalue weighted by Gasteiger charge is -2.04. The van der Waals surface area contributed by atoms with Gasteiger partial charge in [0.15, 0.2) is 0 Å². The highest BCUT2D eigenvalue weighted by atomic mass is 16.5. The average Bonchev–Trinajstić information content (AvgIpc) is 2.82. The summed E-state index contributed by atoms with van der Waals surface area (Å²) in [6.45, 7) is 6.18. The number of esters is 1. The minimum atomic E-state index is -0.422. The molecule has 4 heteroatoms. The summed E-state index contributed by atoms with van der Waals surface area (Å²) < 4.78 is 4.90. The van der Waals surface area contributed by atoms with Gasteiger partial charge in [0.05, 0.1) is 18.5 Å². The normalized spacial score (nSPS) is 10.4. The van der Waals surface area contributed by atoms with E-state index in [0.717, 1.165) is 16.8 Å². The summed E-state index contributed by atoms with van der Waals surface area (Å²) in [4.78, 5) is 18.6. The number of nitrogens with zero attached hydrogens (tertiary/aromatic N) is 1. The van der Waals surface area contributed by atoms with Crippen LogP contribution in [0.2, 0.25) is 0 Å². The fourth-order valence-electron chi connectivity index (χ4n) is 1.79. The zero-order valence-corrected chi connectivity index (χ0v) is 10.8. The second-order valence-electron chi connectivity index (χ2n) is 4.18. The third kappa shape index (κ3) is 2.42. The number of carbonyl (C=O) groups excluding carboxylic acids is 1. The van der Waals surface area contributed by atoms with E-state index in [9.17, 15) is 4.79 Å². The van der Waals surface area contributed by atoms with Gasteiger partial charge >= 0.3 is 5.97 Å². The molecule has 0 fully saturated rings. The van der Waals surface area contributed by atoms with Crippen molar-refractivity contribution in [2.45, 2.75) is 20.8 Å². The van der Waals surface area contributed by atoms with Crippen molar-refractivity contribution in [3.8, 4) is 11.3 Å². The van der Waals surface area contributed by atoms with Crippen LogP contribution in [0.4, 0.5) is 0 Å². The Hall–Kier alpha value is -2.10. The van der Waals surface area contributed by atoms with E-state index in [1.54, 1.807) is 13.1 Å². The van der Waals surface area contributed by atoms with Crippen molar-refractivity contribution in [3.63, 3.8) is 0 Å². The summed E-state index contributed by atoms with van der Waals surface area (Å²) in [5.41, 5.74) is 4.19. The number of benzene rings is 1. The van der Waals surface area contributed by atoms with Crippen LogP contribution in [0.1, 0.15) is 28.7 Å². The summed E-state index contributed by atoms with van der Waals surface area (Å²) in [6, 6.07) is 6.18. The van der Waals surface area contributed by atoms with Gasteiger partial charge in [-0.1, -0.05) is 17.7 Å². The number of aromatic amines is 1. The Morgan fingerprint density at radius 1 is 1.39 bits per heavy atom. The molecule has 0 spiro atoms. The maximum Gasteiger partial charge on any atom is 0.374 e. The molecule has 0 atom stereocenters. The van der Waals surface area contributed by atoms with Crippen LogP contribution >= 0.6 is 0 Å². The first kappa shape index (κ1) is 12.4. The number of carbonyl (C=O) groups is 1. The van der Waals surface area contributed by atoms with Gasteiger partial charge in [0, 0.05) is 5.56 Å². The van der Waals surface area contributed by atoms with Crippen molar-refractivity contribution in [2.24, 2.45) is 0 Å². The van der Waals surface area contributed by atoms with E-state index in [2.05, 4.69) is 28.2 Å². The number of hydrogen-bond donors (Lipinski definition) is 1. The zero-order valence-electron chi connectivity index (χ0n) is 10.8. The largest absolute Gasteiger partial charge is 0.460 e. The maximum absolute atomic E-state index is 11.5. The first-order valence-electron chi connectivity index (χ1n) is 5.91. The Kier molecular flexibility index (Phi) is 3.46. The number of ether oxygens (including phenoxy) is 1. The van der Waals surface area contributed by atoms with Crippen LogP contribution < -0.4 is 0 Å². The standard InChI is InChI=1S/C14H16N2O2/c1-4-18-14(17)13-15-8-12(16-13)11-7-9(2)5-6-10(11)3/h5-8H,4H2,1-3H3,(H,15,16). The van der Waals surface area contributed by atoms with Crippen molar-refractivity contribution < 1.29 is 9.53 Å². The molecule has 0 unspecified atom stereocenters. The van der Waals surface area contributed by atoms with Gasteiger partial charge in [0.1, 0.15) is 0 Å². The molecule has 0 saturated heterocycles. The Morgan fingerprint density at radius 2 is 2.17 bits per heavy atom. The van der Waals surface area contributed by atoms with Crippen molar-refractivity contribution in [1.29, 1.82) is 0 Å². The van der Waals surface area contributed by atoms with E-state index in [1.165, 1.54) is 5.56 Å². The maximum atomic E-state index is 11.5. The highest BCUT2D eigenvalue weighted by Gasteiger charge is 2.12. The fraction of sp³-hybridized carbons (Fsp3) is 0.286. The second kappa shape index (κ2) is 5.04. The number of H-pyrrole nitrogens is 1. The lowest BCUT2D eigenvalue weighted by molar-refractivity contribution is 0.0513. The smallest absolute Gasteiger partial charge is 0.374 e. The van der Waals surface area contributed by atoms with Crippen molar-refractivity contribution >= 4 is 5.97 Å². The first-order valence-corrected chi connectivity index (χ1v) is 5.91. The highest BCUT2D eigenvalue weighted by Crippen LogP contribution is 2.22. The molecule has 0 radical (unpaired) electrons. The van der Waals surface area contributed by atoms with Gasteiger partial charge in [-0.15, -0.1) is 0 Å². The van der Waals surface area contributed by atoms with E-state index in [4.69, 9.17) is 4.74 Å². The second-order valence-corrected chi connectivity index (χ2v) is 4.18. The number of aromatic nitrogens is 2. The molecule has 18 heavy (non-hydrogen) atoms. The predicted octanol–water partition coefficient (Wildman–Crippen LogP) is 2.87. The average molecular weight is 244 g/mol. The van der Waals surface area contributed by atoms with Gasteiger partial charge in [0.25, 0.3) is 0 Å². The Labute approximate surface area is 106 Å². The summed E-state index contributed by atoms with van der Waals surface area (Å²) in [5, 5.41) is 0. The van der Waals surface area contributed by atoms with Gasteiger partial charge in [0.2, 0.25) is 5.82 Å². The molecule has 94 valence electrons. The van der Waals surface area contributed by atoms with Crippen LogP contribution in [0.3, 0.4) is 0 Å². The van der Waals surface area contributed by atoms with Crippen LogP contribution in [0.25, 0.3) is 11.3 Å². The first-order chi connectivity index (χ1) is 8.61. The van der Waals surface area contributed by atoms with Crippen molar-refractivity contribution in [2.75, 3.05) is 6.61 Å². The van der Waals surface area contributed by atoms with Gasteiger partial charge in [-0.25, -0.2) is 9.78 Å². The third-order valence-corrected chi connectivity index (χ3v) is 2.73. The summed E-state index contributed by atoms with van der Waals surface area (Å²) in [5.74, 6) is -0.179. The summed E-state index contributed by atoms with van der Waals surface area (Å²) in [7, 11) is 0. The molecule has 0 aliphatic rings.